The first-order valence-corrected chi connectivity index (χ1v) is 6.68. The Labute approximate surface area is 116 Å². The molecule has 0 saturated carbocycles. The lowest BCUT2D eigenvalue weighted by Gasteiger charge is -2.10. The second-order valence-corrected chi connectivity index (χ2v) is 5.63. The Balaban J connectivity index is 2.14. The first-order chi connectivity index (χ1) is 8.56. The highest BCUT2D eigenvalue weighted by Crippen LogP contribution is 2.31. The van der Waals surface area contributed by atoms with Crippen LogP contribution >= 0.6 is 23.2 Å². The summed E-state index contributed by atoms with van der Waals surface area (Å²) >= 11 is 12.0. The number of nitrogens with zero attached hydrogens (tertiary/aromatic N) is 4. The van der Waals surface area contributed by atoms with E-state index in [-0.39, 0.29) is 0 Å². The molecule has 2 aromatic heterocycles. The van der Waals surface area contributed by atoms with Crippen LogP contribution in [0, 0.1) is 0 Å². The molecular formula is C12H14Cl2N4. The van der Waals surface area contributed by atoms with Crippen molar-refractivity contribution in [3.05, 3.63) is 22.2 Å². The van der Waals surface area contributed by atoms with Crippen molar-refractivity contribution in [3.8, 4) is 0 Å². The van der Waals surface area contributed by atoms with Gasteiger partial charge in [-0.25, -0.2) is 9.97 Å². The quantitative estimate of drug-likeness (QED) is 0.755. The third-order valence-corrected chi connectivity index (χ3v) is 4.04. The van der Waals surface area contributed by atoms with Crippen LogP contribution in [0.15, 0.2) is 6.07 Å². The van der Waals surface area contributed by atoms with Gasteiger partial charge in [-0.3, -0.25) is 0 Å². The number of aromatic nitrogens is 3. The van der Waals surface area contributed by atoms with Crippen LogP contribution in [0.5, 0.6) is 0 Å². The number of fused-ring (bicyclic) bond motifs is 1. The molecule has 1 fully saturated rings. The second-order valence-electron chi connectivity index (χ2n) is 4.88. The van der Waals surface area contributed by atoms with E-state index in [1.165, 1.54) is 0 Å². The number of rotatable bonds is 1. The lowest BCUT2D eigenvalue weighted by molar-refractivity contribution is 0.409. The van der Waals surface area contributed by atoms with Gasteiger partial charge in [0.05, 0.1) is 5.52 Å². The highest BCUT2D eigenvalue weighted by Gasteiger charge is 2.26. The van der Waals surface area contributed by atoms with E-state index in [0.29, 0.717) is 16.2 Å². The van der Waals surface area contributed by atoms with Crippen LogP contribution in [0.2, 0.25) is 10.3 Å². The number of hydrogen-bond donors (Lipinski definition) is 0. The predicted octanol–water partition coefficient (Wildman–Crippen LogP) is 2.69. The Kier molecular flexibility index (Phi) is 2.96. The first kappa shape index (κ1) is 12.2. The van der Waals surface area contributed by atoms with Crippen molar-refractivity contribution in [1.82, 2.24) is 19.4 Å². The maximum Gasteiger partial charge on any atom is 0.158 e. The Morgan fingerprint density at radius 3 is 2.72 bits per heavy atom. The fraction of sp³-hybridized carbons (Fsp3) is 0.500. The summed E-state index contributed by atoms with van der Waals surface area (Å²) in [6.07, 6.45) is 1.13. The van der Waals surface area contributed by atoms with Gasteiger partial charge in [-0.1, -0.05) is 23.2 Å². The summed E-state index contributed by atoms with van der Waals surface area (Å²) in [5.41, 5.74) is 1.69. The van der Waals surface area contributed by atoms with Gasteiger partial charge in [-0.05, 0) is 20.0 Å². The van der Waals surface area contributed by atoms with Crippen LogP contribution in [-0.2, 0) is 7.05 Å². The van der Waals surface area contributed by atoms with E-state index in [0.717, 1.165) is 36.4 Å². The normalized spacial score (nSPS) is 21.0. The monoisotopic (exact) mass is 284 g/mol. The molecule has 4 nitrogen and oxygen atoms in total. The molecule has 96 valence electrons. The van der Waals surface area contributed by atoms with E-state index in [2.05, 4.69) is 26.5 Å². The van der Waals surface area contributed by atoms with Gasteiger partial charge in [0, 0.05) is 25.6 Å². The van der Waals surface area contributed by atoms with Crippen LogP contribution in [0.4, 0.5) is 0 Å². The molecular weight excluding hydrogens is 271 g/mol. The van der Waals surface area contributed by atoms with Crippen LogP contribution < -0.4 is 0 Å². The molecule has 1 saturated heterocycles. The maximum atomic E-state index is 6.10. The number of likely N-dealkylation sites (tertiary alicyclic amines) is 1. The number of aryl methyl sites for hydroxylation is 1. The van der Waals surface area contributed by atoms with Crippen LogP contribution in [0.3, 0.4) is 0 Å². The van der Waals surface area contributed by atoms with Gasteiger partial charge >= 0.3 is 0 Å². The number of pyridine rings is 1. The lowest BCUT2D eigenvalue weighted by Crippen LogP contribution is -2.14. The third-order valence-electron chi connectivity index (χ3n) is 3.59. The summed E-state index contributed by atoms with van der Waals surface area (Å²) in [5, 5.41) is 0.788. The Bertz CT molecular complexity index is 608. The zero-order valence-electron chi connectivity index (χ0n) is 10.3. The summed E-state index contributed by atoms with van der Waals surface area (Å²) in [4.78, 5) is 11.0. The summed E-state index contributed by atoms with van der Waals surface area (Å²) in [7, 11) is 4.14. The molecule has 0 radical (unpaired) electrons. The standard InChI is InChI=1S/C12H14Cl2N4/c1-17-4-3-7(6-17)12-16-10-8(18(12)2)5-9(13)15-11(10)14/h5,7H,3-4,6H2,1-2H3. The van der Waals surface area contributed by atoms with E-state index in [9.17, 15) is 0 Å². The van der Waals surface area contributed by atoms with Gasteiger partial charge in [-0.15, -0.1) is 0 Å². The van der Waals surface area contributed by atoms with Gasteiger partial charge in [0.15, 0.2) is 5.15 Å². The van der Waals surface area contributed by atoms with E-state index >= 15 is 0 Å². The lowest BCUT2D eigenvalue weighted by atomic mass is 10.1. The molecule has 0 N–H and O–H groups in total. The summed E-state index contributed by atoms with van der Waals surface area (Å²) in [6.45, 7) is 2.15. The molecule has 3 rings (SSSR count). The Morgan fingerprint density at radius 1 is 1.28 bits per heavy atom. The molecule has 1 aliphatic heterocycles. The number of likely N-dealkylation sites (N-methyl/N-ethyl adjacent to an activating group) is 1. The third kappa shape index (κ3) is 1.88. The molecule has 0 aromatic carbocycles. The molecule has 1 atom stereocenters. The van der Waals surface area contributed by atoms with Gasteiger partial charge in [0.25, 0.3) is 0 Å². The Hall–Kier alpha value is -0.840. The van der Waals surface area contributed by atoms with Crippen molar-refractivity contribution in [3.63, 3.8) is 0 Å². The smallest absolute Gasteiger partial charge is 0.158 e. The molecule has 0 amide bonds. The van der Waals surface area contributed by atoms with Crippen molar-refractivity contribution in [2.45, 2.75) is 12.3 Å². The SMILES string of the molecule is CN1CCC(c2nc3c(Cl)nc(Cl)cc3n2C)C1. The molecule has 0 aliphatic carbocycles. The first-order valence-electron chi connectivity index (χ1n) is 5.93. The van der Waals surface area contributed by atoms with Crippen molar-refractivity contribution in [1.29, 1.82) is 0 Å². The Morgan fingerprint density at radius 2 is 2.06 bits per heavy atom. The zero-order chi connectivity index (χ0) is 12.9. The van der Waals surface area contributed by atoms with Crippen LogP contribution in [0.1, 0.15) is 18.2 Å². The minimum Gasteiger partial charge on any atom is -0.331 e. The van der Waals surface area contributed by atoms with Gasteiger partial charge in [0.2, 0.25) is 0 Å². The summed E-state index contributed by atoms with van der Waals surface area (Å²) in [6, 6.07) is 1.82. The molecule has 0 spiro atoms. The van der Waals surface area contributed by atoms with Crippen LogP contribution in [-0.4, -0.2) is 39.6 Å². The largest absolute Gasteiger partial charge is 0.331 e. The molecule has 3 heterocycles. The highest BCUT2D eigenvalue weighted by molar-refractivity contribution is 6.36. The fourth-order valence-corrected chi connectivity index (χ4v) is 3.11. The zero-order valence-corrected chi connectivity index (χ0v) is 11.8. The molecule has 18 heavy (non-hydrogen) atoms. The summed E-state index contributed by atoms with van der Waals surface area (Å²) in [5.74, 6) is 1.53. The fourth-order valence-electron chi connectivity index (χ4n) is 2.65. The van der Waals surface area contributed by atoms with Crippen molar-refractivity contribution >= 4 is 34.2 Å². The highest BCUT2D eigenvalue weighted by atomic mass is 35.5. The predicted molar refractivity (Wildman–Crippen MR) is 73.4 cm³/mol. The maximum absolute atomic E-state index is 6.10. The average molecular weight is 285 g/mol. The van der Waals surface area contributed by atoms with Crippen molar-refractivity contribution < 1.29 is 0 Å². The van der Waals surface area contributed by atoms with Crippen molar-refractivity contribution in [2.75, 3.05) is 20.1 Å². The minimum absolute atomic E-state index is 0.380. The minimum atomic E-state index is 0.380. The molecule has 2 aromatic rings. The molecule has 1 aliphatic rings. The number of imidazole rings is 1. The van der Waals surface area contributed by atoms with E-state index in [1.807, 2.05) is 13.1 Å². The van der Waals surface area contributed by atoms with Gasteiger partial charge < -0.3 is 9.47 Å². The van der Waals surface area contributed by atoms with Gasteiger partial charge in [-0.2, -0.15) is 0 Å². The van der Waals surface area contributed by atoms with E-state index < -0.39 is 0 Å². The number of hydrogen-bond acceptors (Lipinski definition) is 3. The second kappa shape index (κ2) is 4.37. The summed E-state index contributed by atoms with van der Waals surface area (Å²) < 4.78 is 2.08. The van der Waals surface area contributed by atoms with Crippen molar-refractivity contribution in [2.24, 2.45) is 7.05 Å². The van der Waals surface area contributed by atoms with E-state index in [1.54, 1.807) is 0 Å². The van der Waals surface area contributed by atoms with Crippen LogP contribution in [0.25, 0.3) is 11.0 Å². The molecule has 0 bridgehead atoms. The van der Waals surface area contributed by atoms with Gasteiger partial charge in [0.1, 0.15) is 16.5 Å². The van der Waals surface area contributed by atoms with E-state index in [4.69, 9.17) is 23.2 Å². The topological polar surface area (TPSA) is 34.0 Å². The number of halogens is 2. The molecule has 6 heteroatoms. The average Bonchev–Trinajstić information content (AvgIpc) is 2.85. The molecule has 1 unspecified atom stereocenters.